The summed E-state index contributed by atoms with van der Waals surface area (Å²) in [5.74, 6) is 1.55. The maximum Gasteiger partial charge on any atom is 0.323 e. The first-order valence-electron chi connectivity index (χ1n) is 9.17. The van der Waals surface area contributed by atoms with Gasteiger partial charge in [0.15, 0.2) is 11.6 Å². The van der Waals surface area contributed by atoms with Crippen molar-refractivity contribution in [3.63, 3.8) is 0 Å². The summed E-state index contributed by atoms with van der Waals surface area (Å²) in [6.45, 7) is 0.651. The van der Waals surface area contributed by atoms with Crippen molar-refractivity contribution < 1.29 is 9.32 Å². The summed E-state index contributed by atoms with van der Waals surface area (Å²) in [5.41, 5.74) is 0.870. The van der Waals surface area contributed by atoms with E-state index in [2.05, 4.69) is 20.6 Å². The van der Waals surface area contributed by atoms with Crippen molar-refractivity contribution in [3.05, 3.63) is 48.4 Å². The van der Waals surface area contributed by atoms with Crippen LogP contribution in [0, 0.1) is 0 Å². The van der Waals surface area contributed by atoms with E-state index in [1.807, 2.05) is 37.4 Å². The Balaban J connectivity index is 1.57. The van der Waals surface area contributed by atoms with Crippen LogP contribution in [0.25, 0.3) is 11.5 Å². The summed E-state index contributed by atoms with van der Waals surface area (Å²) in [6.07, 6.45) is 5.65. The first kappa shape index (κ1) is 17.3. The molecule has 8 nitrogen and oxygen atoms in total. The van der Waals surface area contributed by atoms with Gasteiger partial charge < -0.3 is 9.42 Å². The van der Waals surface area contributed by atoms with E-state index >= 15 is 0 Å². The van der Waals surface area contributed by atoms with Crippen molar-refractivity contribution in [2.75, 3.05) is 11.9 Å². The number of carbonyl (C=O) groups is 1. The van der Waals surface area contributed by atoms with Crippen LogP contribution in [-0.4, -0.2) is 37.4 Å². The topological polar surface area (TPSA) is 89.1 Å². The molecule has 0 spiro atoms. The van der Waals surface area contributed by atoms with Crippen molar-refractivity contribution >= 4 is 11.8 Å². The standard InChI is InChI=1S/C19H22N6O2/c1-24-13-11-16(22-24)20-19(26)25-12-7-3-6-10-15(25)17-21-18(27-23-17)14-8-4-2-5-9-14/h2,4-5,8-9,11,13,15H,3,6-7,10,12H2,1H3,(H,20,22,26). The largest absolute Gasteiger partial charge is 0.334 e. The monoisotopic (exact) mass is 366 g/mol. The lowest BCUT2D eigenvalue weighted by molar-refractivity contribution is 0.184. The molecule has 0 radical (unpaired) electrons. The molecule has 2 aromatic heterocycles. The van der Waals surface area contributed by atoms with Crippen molar-refractivity contribution in [2.45, 2.75) is 31.7 Å². The second-order valence-electron chi connectivity index (χ2n) is 6.69. The highest BCUT2D eigenvalue weighted by molar-refractivity contribution is 5.88. The molecule has 0 saturated carbocycles. The van der Waals surface area contributed by atoms with Crippen LogP contribution in [0.1, 0.15) is 37.5 Å². The van der Waals surface area contributed by atoms with Gasteiger partial charge in [-0.3, -0.25) is 10.00 Å². The van der Waals surface area contributed by atoms with Crippen molar-refractivity contribution in [3.8, 4) is 11.5 Å². The van der Waals surface area contributed by atoms with E-state index < -0.39 is 0 Å². The highest BCUT2D eigenvalue weighted by Gasteiger charge is 2.31. The minimum absolute atomic E-state index is 0.188. The molecule has 1 aliphatic rings. The summed E-state index contributed by atoms with van der Waals surface area (Å²) in [6, 6.07) is 11.0. The Labute approximate surface area is 157 Å². The maximum atomic E-state index is 12.9. The minimum atomic E-state index is -0.211. The van der Waals surface area contributed by atoms with Gasteiger partial charge in [0.1, 0.15) is 0 Å². The molecule has 0 aliphatic carbocycles. The predicted octanol–water partition coefficient (Wildman–Crippen LogP) is 3.62. The highest BCUT2D eigenvalue weighted by atomic mass is 16.5. The maximum absolute atomic E-state index is 12.9. The fourth-order valence-corrected chi connectivity index (χ4v) is 3.35. The van der Waals surface area contributed by atoms with Gasteiger partial charge in [-0.15, -0.1) is 0 Å². The molecule has 1 atom stereocenters. The molecule has 1 aliphatic heterocycles. The number of likely N-dealkylation sites (tertiary alicyclic amines) is 1. The number of benzene rings is 1. The van der Waals surface area contributed by atoms with Crippen LogP contribution < -0.4 is 5.32 Å². The summed E-state index contributed by atoms with van der Waals surface area (Å²) in [4.78, 5) is 19.2. The number of aromatic nitrogens is 4. The second-order valence-corrected chi connectivity index (χ2v) is 6.69. The fraction of sp³-hybridized carbons (Fsp3) is 0.368. The first-order chi connectivity index (χ1) is 13.2. The van der Waals surface area contributed by atoms with Crippen LogP contribution in [0.4, 0.5) is 10.6 Å². The molecule has 3 heterocycles. The lowest BCUT2D eigenvalue weighted by Gasteiger charge is -2.27. The molecule has 4 rings (SSSR count). The Morgan fingerprint density at radius 1 is 1.19 bits per heavy atom. The number of nitrogens with zero attached hydrogens (tertiary/aromatic N) is 5. The van der Waals surface area contributed by atoms with Crippen LogP contribution >= 0.6 is 0 Å². The number of nitrogens with one attached hydrogen (secondary N) is 1. The van der Waals surface area contributed by atoms with Gasteiger partial charge >= 0.3 is 6.03 Å². The molecule has 0 bridgehead atoms. The molecule has 1 N–H and O–H groups in total. The highest BCUT2D eigenvalue weighted by Crippen LogP contribution is 2.30. The summed E-state index contributed by atoms with van der Waals surface area (Å²) in [5, 5.41) is 11.3. The van der Waals surface area contributed by atoms with Gasteiger partial charge in [-0.05, 0) is 25.0 Å². The number of carbonyl (C=O) groups excluding carboxylic acids is 1. The molecule has 1 unspecified atom stereocenters. The van der Waals surface area contributed by atoms with Gasteiger partial charge in [-0.25, -0.2) is 4.79 Å². The van der Waals surface area contributed by atoms with Gasteiger partial charge in [0, 0.05) is 31.4 Å². The van der Waals surface area contributed by atoms with Gasteiger partial charge in [0.25, 0.3) is 5.89 Å². The van der Waals surface area contributed by atoms with Crippen LogP contribution in [0.3, 0.4) is 0 Å². The Bertz CT molecular complexity index is 904. The third kappa shape index (κ3) is 3.84. The SMILES string of the molecule is Cn1ccc(NC(=O)N2CCCCCC2c2noc(-c3ccccc3)n2)n1. The van der Waals surface area contributed by atoms with E-state index in [9.17, 15) is 4.79 Å². The molecule has 1 fully saturated rings. The number of amides is 2. The number of aryl methyl sites for hydroxylation is 1. The molecular formula is C19H22N6O2. The molecule has 2 amide bonds. The van der Waals surface area contributed by atoms with Crippen LogP contribution in [0.15, 0.2) is 47.1 Å². The van der Waals surface area contributed by atoms with E-state index in [1.165, 1.54) is 0 Å². The molecular weight excluding hydrogens is 344 g/mol. The number of anilines is 1. The van der Waals surface area contributed by atoms with Gasteiger partial charge in [0.2, 0.25) is 0 Å². The Morgan fingerprint density at radius 2 is 2.04 bits per heavy atom. The molecule has 1 saturated heterocycles. The Hall–Kier alpha value is -3.16. The summed E-state index contributed by atoms with van der Waals surface area (Å²) >= 11 is 0. The number of rotatable bonds is 3. The first-order valence-corrected chi connectivity index (χ1v) is 9.17. The Morgan fingerprint density at radius 3 is 2.81 bits per heavy atom. The summed E-state index contributed by atoms with van der Waals surface area (Å²) < 4.78 is 7.11. The fourth-order valence-electron chi connectivity index (χ4n) is 3.35. The van der Waals surface area contributed by atoms with E-state index in [4.69, 9.17) is 4.52 Å². The van der Waals surface area contributed by atoms with Crippen molar-refractivity contribution in [2.24, 2.45) is 7.05 Å². The number of urea groups is 1. The third-order valence-corrected chi connectivity index (χ3v) is 4.72. The second kappa shape index (κ2) is 7.61. The van der Waals surface area contributed by atoms with Gasteiger partial charge in [-0.1, -0.05) is 36.2 Å². The van der Waals surface area contributed by atoms with Crippen molar-refractivity contribution in [1.82, 2.24) is 24.8 Å². The Kier molecular flexibility index (Phi) is 4.86. The van der Waals surface area contributed by atoms with E-state index in [0.717, 1.165) is 31.2 Å². The normalized spacial score (nSPS) is 17.5. The molecule has 140 valence electrons. The van der Waals surface area contributed by atoms with Crippen LogP contribution in [0.2, 0.25) is 0 Å². The van der Waals surface area contributed by atoms with Crippen molar-refractivity contribution in [1.29, 1.82) is 0 Å². The number of hydrogen-bond donors (Lipinski definition) is 1. The zero-order valence-electron chi connectivity index (χ0n) is 15.2. The van der Waals surface area contributed by atoms with Crippen LogP contribution in [0.5, 0.6) is 0 Å². The van der Waals surface area contributed by atoms with E-state index in [0.29, 0.717) is 24.1 Å². The minimum Gasteiger partial charge on any atom is -0.334 e. The molecule has 1 aromatic carbocycles. The molecule has 3 aromatic rings. The smallest absolute Gasteiger partial charge is 0.323 e. The lowest BCUT2D eigenvalue weighted by Crippen LogP contribution is -2.38. The van der Waals surface area contributed by atoms with E-state index in [1.54, 1.807) is 21.8 Å². The van der Waals surface area contributed by atoms with Gasteiger partial charge in [0.05, 0.1) is 6.04 Å². The number of hydrogen-bond acceptors (Lipinski definition) is 5. The predicted molar refractivity (Wildman–Crippen MR) is 99.9 cm³/mol. The quantitative estimate of drug-likeness (QED) is 0.765. The molecule has 8 heteroatoms. The molecule has 27 heavy (non-hydrogen) atoms. The third-order valence-electron chi connectivity index (χ3n) is 4.72. The average molecular weight is 366 g/mol. The summed E-state index contributed by atoms with van der Waals surface area (Å²) in [7, 11) is 1.81. The van der Waals surface area contributed by atoms with Gasteiger partial charge in [-0.2, -0.15) is 10.1 Å². The lowest BCUT2D eigenvalue weighted by atomic mass is 10.1. The van der Waals surface area contributed by atoms with E-state index in [-0.39, 0.29) is 12.1 Å². The zero-order valence-corrected chi connectivity index (χ0v) is 15.2. The average Bonchev–Trinajstić information content (AvgIpc) is 3.25. The zero-order chi connectivity index (χ0) is 18.6. The van der Waals surface area contributed by atoms with Crippen LogP contribution in [-0.2, 0) is 7.05 Å².